The van der Waals surface area contributed by atoms with Crippen LogP contribution in [0, 0.1) is 0 Å². The second-order valence-corrected chi connectivity index (χ2v) is 7.40. The Hall–Kier alpha value is -1.20. The van der Waals surface area contributed by atoms with E-state index in [1.54, 1.807) is 12.1 Å². The van der Waals surface area contributed by atoms with Gasteiger partial charge in [0.15, 0.2) is 0 Å². The number of ether oxygens (including phenoxy) is 1. The molecule has 0 amide bonds. The van der Waals surface area contributed by atoms with Crippen molar-refractivity contribution < 1.29 is 13.5 Å². The molecule has 1 heterocycles. The Labute approximate surface area is 131 Å². The Balaban J connectivity index is 1.89. The standard InChI is InChI=1S/C17H26F2N2O/c1-16(2)9-13(10-17(3,4)21-16)20-11-12-5-7-14(8-6-12)22-15(18)19/h5-8,13,15,20-21H,9-11H2,1-4H3. The molecule has 0 unspecified atom stereocenters. The Kier molecular flexibility index (Phi) is 5.07. The molecule has 1 aliphatic rings. The van der Waals surface area contributed by atoms with Crippen molar-refractivity contribution in [2.24, 2.45) is 0 Å². The van der Waals surface area contributed by atoms with Gasteiger partial charge in [-0.25, -0.2) is 0 Å². The molecule has 0 spiro atoms. The Morgan fingerprint density at radius 1 is 1.14 bits per heavy atom. The highest BCUT2D eigenvalue weighted by Crippen LogP contribution is 2.28. The van der Waals surface area contributed by atoms with Gasteiger partial charge >= 0.3 is 6.61 Å². The Morgan fingerprint density at radius 3 is 2.18 bits per heavy atom. The van der Waals surface area contributed by atoms with Crippen LogP contribution in [-0.2, 0) is 6.54 Å². The third-order valence-corrected chi connectivity index (χ3v) is 3.93. The molecular weight excluding hydrogens is 286 g/mol. The SMILES string of the molecule is CC1(C)CC(NCc2ccc(OC(F)F)cc2)CC(C)(C)N1. The number of hydrogen-bond donors (Lipinski definition) is 2. The van der Waals surface area contributed by atoms with E-state index in [0.29, 0.717) is 6.04 Å². The van der Waals surface area contributed by atoms with E-state index in [0.717, 1.165) is 24.9 Å². The van der Waals surface area contributed by atoms with Gasteiger partial charge in [0.2, 0.25) is 0 Å². The Morgan fingerprint density at radius 2 is 1.68 bits per heavy atom. The molecule has 0 bridgehead atoms. The van der Waals surface area contributed by atoms with Gasteiger partial charge in [-0.15, -0.1) is 0 Å². The van der Waals surface area contributed by atoms with E-state index in [2.05, 4.69) is 43.1 Å². The summed E-state index contributed by atoms with van der Waals surface area (Å²) in [7, 11) is 0. The lowest BCUT2D eigenvalue weighted by Gasteiger charge is -2.46. The predicted octanol–water partition coefficient (Wildman–Crippen LogP) is 3.69. The Bertz CT molecular complexity index is 470. The van der Waals surface area contributed by atoms with Crippen LogP contribution in [0.2, 0.25) is 0 Å². The summed E-state index contributed by atoms with van der Waals surface area (Å²) < 4.78 is 28.6. The summed E-state index contributed by atoms with van der Waals surface area (Å²) in [6.45, 7) is 6.84. The van der Waals surface area contributed by atoms with Gasteiger partial charge in [0, 0.05) is 23.7 Å². The van der Waals surface area contributed by atoms with Crippen molar-refractivity contribution in [2.75, 3.05) is 0 Å². The molecule has 0 aromatic heterocycles. The summed E-state index contributed by atoms with van der Waals surface area (Å²) in [6.07, 6.45) is 2.12. The maximum Gasteiger partial charge on any atom is 0.387 e. The van der Waals surface area contributed by atoms with Crippen LogP contribution in [0.25, 0.3) is 0 Å². The van der Waals surface area contributed by atoms with Crippen LogP contribution in [0.1, 0.15) is 46.1 Å². The van der Waals surface area contributed by atoms with Crippen molar-refractivity contribution in [3.8, 4) is 5.75 Å². The van der Waals surface area contributed by atoms with Gasteiger partial charge in [-0.1, -0.05) is 12.1 Å². The normalized spacial score (nSPS) is 21.0. The fourth-order valence-electron chi connectivity index (χ4n) is 3.52. The van der Waals surface area contributed by atoms with Gasteiger partial charge in [0.25, 0.3) is 0 Å². The summed E-state index contributed by atoms with van der Waals surface area (Å²) in [4.78, 5) is 0. The van der Waals surface area contributed by atoms with E-state index in [1.165, 1.54) is 0 Å². The van der Waals surface area contributed by atoms with Crippen LogP contribution in [0.3, 0.4) is 0 Å². The molecule has 0 saturated carbocycles. The number of alkyl halides is 2. The third-order valence-electron chi connectivity index (χ3n) is 3.93. The van der Waals surface area contributed by atoms with Crippen LogP contribution in [0.4, 0.5) is 8.78 Å². The van der Waals surface area contributed by atoms with Crippen molar-refractivity contribution in [2.45, 2.75) is 70.8 Å². The minimum Gasteiger partial charge on any atom is -0.435 e. The molecule has 0 aliphatic carbocycles. The number of halogens is 2. The molecular formula is C17H26F2N2O. The van der Waals surface area contributed by atoms with Crippen LogP contribution in [-0.4, -0.2) is 23.7 Å². The first-order chi connectivity index (χ1) is 10.2. The van der Waals surface area contributed by atoms with Crippen molar-refractivity contribution in [1.82, 2.24) is 10.6 Å². The molecule has 1 saturated heterocycles. The summed E-state index contributed by atoms with van der Waals surface area (Å²) in [5.41, 5.74) is 1.28. The molecule has 124 valence electrons. The lowest BCUT2D eigenvalue weighted by molar-refractivity contribution is -0.0498. The largest absolute Gasteiger partial charge is 0.435 e. The zero-order valence-electron chi connectivity index (χ0n) is 13.7. The fraction of sp³-hybridized carbons (Fsp3) is 0.647. The smallest absolute Gasteiger partial charge is 0.387 e. The summed E-state index contributed by atoms with van der Waals surface area (Å²) in [5.74, 6) is 0.197. The number of hydrogen-bond acceptors (Lipinski definition) is 3. The first-order valence-corrected chi connectivity index (χ1v) is 7.72. The summed E-state index contributed by atoms with van der Waals surface area (Å²) in [5, 5.41) is 7.24. The van der Waals surface area contributed by atoms with Gasteiger partial charge in [-0.05, 0) is 58.2 Å². The number of benzene rings is 1. The van der Waals surface area contributed by atoms with E-state index in [4.69, 9.17) is 0 Å². The minimum atomic E-state index is -2.77. The van der Waals surface area contributed by atoms with Crippen molar-refractivity contribution in [3.05, 3.63) is 29.8 Å². The average Bonchev–Trinajstić information content (AvgIpc) is 2.33. The number of piperidine rings is 1. The van der Waals surface area contributed by atoms with Gasteiger partial charge in [0.05, 0.1) is 0 Å². The van der Waals surface area contributed by atoms with Gasteiger partial charge < -0.3 is 15.4 Å². The molecule has 5 heteroatoms. The molecule has 2 rings (SSSR count). The first-order valence-electron chi connectivity index (χ1n) is 7.72. The van der Waals surface area contributed by atoms with E-state index >= 15 is 0 Å². The topological polar surface area (TPSA) is 33.3 Å². The number of nitrogens with one attached hydrogen (secondary N) is 2. The molecule has 1 aliphatic heterocycles. The molecule has 1 aromatic carbocycles. The zero-order chi connectivity index (χ0) is 16.4. The van der Waals surface area contributed by atoms with Crippen LogP contribution >= 0.6 is 0 Å². The molecule has 0 radical (unpaired) electrons. The van der Waals surface area contributed by atoms with E-state index in [1.807, 2.05) is 12.1 Å². The highest BCUT2D eigenvalue weighted by atomic mass is 19.3. The van der Waals surface area contributed by atoms with Crippen molar-refractivity contribution >= 4 is 0 Å². The molecule has 3 nitrogen and oxygen atoms in total. The highest BCUT2D eigenvalue weighted by Gasteiger charge is 2.37. The quantitative estimate of drug-likeness (QED) is 0.870. The lowest BCUT2D eigenvalue weighted by atomic mass is 9.79. The average molecular weight is 312 g/mol. The maximum atomic E-state index is 12.1. The van der Waals surface area contributed by atoms with E-state index in [-0.39, 0.29) is 16.8 Å². The molecule has 1 fully saturated rings. The molecule has 2 N–H and O–H groups in total. The van der Waals surface area contributed by atoms with Gasteiger partial charge in [-0.3, -0.25) is 0 Å². The van der Waals surface area contributed by atoms with Crippen molar-refractivity contribution in [1.29, 1.82) is 0 Å². The molecule has 22 heavy (non-hydrogen) atoms. The van der Waals surface area contributed by atoms with Gasteiger partial charge in [-0.2, -0.15) is 8.78 Å². The summed E-state index contributed by atoms with van der Waals surface area (Å²) in [6, 6.07) is 7.24. The predicted molar refractivity (Wildman–Crippen MR) is 84.2 cm³/mol. The second-order valence-electron chi connectivity index (χ2n) is 7.40. The van der Waals surface area contributed by atoms with E-state index in [9.17, 15) is 8.78 Å². The number of rotatable bonds is 5. The highest BCUT2D eigenvalue weighted by molar-refractivity contribution is 5.27. The van der Waals surface area contributed by atoms with Crippen LogP contribution in [0.5, 0.6) is 5.75 Å². The van der Waals surface area contributed by atoms with Crippen LogP contribution < -0.4 is 15.4 Å². The van der Waals surface area contributed by atoms with Gasteiger partial charge in [0.1, 0.15) is 5.75 Å². The monoisotopic (exact) mass is 312 g/mol. The van der Waals surface area contributed by atoms with Crippen molar-refractivity contribution in [3.63, 3.8) is 0 Å². The fourth-order valence-corrected chi connectivity index (χ4v) is 3.52. The molecule has 0 atom stereocenters. The zero-order valence-corrected chi connectivity index (χ0v) is 13.7. The minimum absolute atomic E-state index is 0.106. The van der Waals surface area contributed by atoms with E-state index < -0.39 is 6.61 Å². The lowest BCUT2D eigenvalue weighted by Crippen LogP contribution is -2.61. The molecule has 1 aromatic rings. The van der Waals surface area contributed by atoms with Crippen LogP contribution in [0.15, 0.2) is 24.3 Å². The first kappa shape index (κ1) is 17.2. The third kappa shape index (κ3) is 5.21. The summed E-state index contributed by atoms with van der Waals surface area (Å²) >= 11 is 0. The second kappa shape index (κ2) is 6.50. The maximum absolute atomic E-state index is 12.1.